The van der Waals surface area contributed by atoms with Gasteiger partial charge in [0.1, 0.15) is 0 Å². The maximum Gasteiger partial charge on any atom is 0.0832 e. The molecule has 0 fully saturated rings. The first-order chi connectivity index (χ1) is 3.83. The Kier molecular flexibility index (Phi) is 21.0. The Morgan fingerprint density at radius 3 is 1.62 bits per heavy atom. The van der Waals surface area contributed by atoms with Crippen LogP contribution in [0.3, 0.4) is 0 Å². The first-order valence-electron chi connectivity index (χ1n) is 1.96. The van der Waals surface area contributed by atoms with Crippen molar-refractivity contribution in [1.29, 1.82) is 0 Å². The normalized spacial score (nSPS) is 5.00. The Labute approximate surface area is 55.2 Å². The molecule has 0 saturated heterocycles. The summed E-state index contributed by atoms with van der Waals surface area (Å²) in [5, 5.41) is 0. The van der Waals surface area contributed by atoms with Gasteiger partial charge >= 0.3 is 0 Å². The van der Waals surface area contributed by atoms with Crippen molar-refractivity contribution in [2.45, 2.75) is 0 Å². The Balaban J connectivity index is 0. The van der Waals surface area contributed by atoms with E-state index < -0.39 is 0 Å². The average molecular weight is 130 g/mol. The molecule has 0 rings (SSSR count). The minimum Gasteiger partial charge on any atom is -0.320 e. The van der Waals surface area contributed by atoms with Crippen molar-refractivity contribution in [2.75, 3.05) is 12.4 Å². The lowest BCUT2D eigenvalue weighted by atomic mass is 10.7. The molecule has 0 aliphatic carbocycles. The van der Waals surface area contributed by atoms with Crippen molar-refractivity contribution in [3.63, 3.8) is 0 Å². The summed E-state index contributed by atoms with van der Waals surface area (Å²) in [6.07, 6.45) is 9.30. The molecule has 0 aliphatic rings. The van der Waals surface area contributed by atoms with E-state index in [0.717, 1.165) is 0 Å². The summed E-state index contributed by atoms with van der Waals surface area (Å²) in [6.45, 7) is 0.347. The number of hydrogen-bond acceptors (Lipinski definition) is 1. The molecule has 0 heterocycles. The van der Waals surface area contributed by atoms with Crippen LogP contribution in [-0.2, 0) is 0 Å². The molecule has 0 atom stereocenters. The van der Waals surface area contributed by atoms with Crippen LogP contribution in [0.1, 0.15) is 0 Å². The van der Waals surface area contributed by atoms with Crippen LogP contribution < -0.4 is 5.73 Å². The van der Waals surface area contributed by atoms with Gasteiger partial charge in [-0.05, 0) is 0 Å². The molecule has 0 aromatic carbocycles. The van der Waals surface area contributed by atoms with E-state index in [-0.39, 0.29) is 0 Å². The second kappa shape index (κ2) is 16.2. The van der Waals surface area contributed by atoms with Crippen LogP contribution in [-0.4, -0.2) is 12.4 Å². The molecule has 0 amide bonds. The molecule has 0 unspecified atom stereocenters. The van der Waals surface area contributed by atoms with Crippen molar-refractivity contribution >= 4 is 11.6 Å². The fourth-order valence-corrected chi connectivity index (χ4v) is 0. The molecule has 0 aromatic heterocycles. The Morgan fingerprint density at radius 2 is 1.62 bits per heavy atom. The summed E-state index contributed by atoms with van der Waals surface area (Å²) >= 11 is 4.95. The second-order valence-electron chi connectivity index (χ2n) is 0.746. The summed E-state index contributed by atoms with van der Waals surface area (Å²) in [7, 11) is 0. The van der Waals surface area contributed by atoms with Gasteiger partial charge in [0.25, 0.3) is 0 Å². The molecule has 0 saturated carbocycles. The van der Waals surface area contributed by atoms with Gasteiger partial charge in [0.2, 0.25) is 0 Å². The third-order valence-corrected chi connectivity index (χ3v) is 0.349. The Hall–Kier alpha value is -0.630. The lowest BCUT2D eigenvalue weighted by Crippen LogP contribution is -1.91. The van der Waals surface area contributed by atoms with Crippen molar-refractivity contribution < 1.29 is 0 Å². The van der Waals surface area contributed by atoms with Gasteiger partial charge in [0, 0.05) is 0 Å². The van der Waals surface area contributed by atoms with Crippen molar-refractivity contribution in [3.05, 3.63) is 0 Å². The lowest BCUT2D eigenvalue weighted by molar-refractivity contribution is 1.30. The van der Waals surface area contributed by atoms with Gasteiger partial charge < -0.3 is 5.73 Å². The summed E-state index contributed by atoms with van der Waals surface area (Å²) in [4.78, 5) is 0. The highest BCUT2D eigenvalue weighted by Crippen LogP contribution is 1.61. The molecule has 0 bridgehead atoms. The van der Waals surface area contributed by atoms with E-state index in [1.807, 2.05) is 0 Å². The highest BCUT2D eigenvalue weighted by atomic mass is 35.5. The van der Waals surface area contributed by atoms with E-state index in [2.05, 4.69) is 24.7 Å². The molecule has 2 heteroatoms. The van der Waals surface area contributed by atoms with Crippen LogP contribution in [0.25, 0.3) is 0 Å². The van der Waals surface area contributed by atoms with Crippen molar-refractivity contribution in [1.82, 2.24) is 0 Å². The zero-order valence-electron chi connectivity index (χ0n) is 4.52. The SMILES string of the molecule is C#CCCl.C#CCN. The van der Waals surface area contributed by atoms with Crippen LogP contribution in [0.4, 0.5) is 0 Å². The third kappa shape index (κ3) is 54.6. The minimum absolute atomic E-state index is 0.319. The average Bonchev–Trinajstić information content (AvgIpc) is 1.88. The summed E-state index contributed by atoms with van der Waals surface area (Å²) in [6, 6.07) is 0. The van der Waals surface area contributed by atoms with Gasteiger partial charge in [-0.1, -0.05) is 11.8 Å². The van der Waals surface area contributed by atoms with Crippen molar-refractivity contribution in [2.24, 2.45) is 5.73 Å². The Morgan fingerprint density at radius 1 is 1.38 bits per heavy atom. The maximum atomic E-state index is 4.95. The van der Waals surface area contributed by atoms with Crippen LogP contribution in [0.5, 0.6) is 0 Å². The summed E-state index contributed by atoms with van der Waals surface area (Å²) < 4.78 is 0. The molecule has 2 N–H and O–H groups in total. The van der Waals surface area contributed by atoms with Crippen LogP contribution in [0, 0.1) is 24.7 Å². The molecule has 0 aromatic rings. The standard InChI is InChI=1S/C3H3Cl.C3H5N/c2*1-2-3-4/h1H,3H2;1H,3-4H2. The van der Waals surface area contributed by atoms with E-state index in [9.17, 15) is 0 Å². The van der Waals surface area contributed by atoms with E-state index >= 15 is 0 Å². The van der Waals surface area contributed by atoms with E-state index in [4.69, 9.17) is 17.3 Å². The van der Waals surface area contributed by atoms with E-state index in [0.29, 0.717) is 12.4 Å². The third-order valence-electron chi connectivity index (χ3n) is 0.195. The predicted molar refractivity (Wildman–Crippen MR) is 37.4 cm³/mol. The molecule has 0 radical (unpaired) electrons. The summed E-state index contributed by atoms with van der Waals surface area (Å²) in [5.74, 6) is 4.72. The number of nitrogens with two attached hydrogens (primary N) is 1. The zero-order valence-corrected chi connectivity index (χ0v) is 5.28. The minimum atomic E-state index is 0.319. The molecular formula is C6H8ClN. The Bertz CT molecular complexity index is 82.1. The highest BCUT2D eigenvalue weighted by molar-refractivity contribution is 6.19. The highest BCUT2D eigenvalue weighted by Gasteiger charge is 1.46. The molecule has 0 aliphatic heterocycles. The second-order valence-corrected chi connectivity index (χ2v) is 1.01. The predicted octanol–water partition coefficient (Wildman–Crippen LogP) is 0.437. The molecular weight excluding hydrogens is 122 g/mol. The van der Waals surface area contributed by atoms with Gasteiger partial charge in [0.15, 0.2) is 0 Å². The largest absolute Gasteiger partial charge is 0.320 e. The first kappa shape index (κ1) is 10.4. The number of halogens is 1. The lowest BCUT2D eigenvalue weighted by Gasteiger charge is -1.56. The number of alkyl halides is 1. The topological polar surface area (TPSA) is 26.0 Å². The van der Waals surface area contributed by atoms with Gasteiger partial charge in [-0.25, -0.2) is 0 Å². The smallest absolute Gasteiger partial charge is 0.0832 e. The van der Waals surface area contributed by atoms with Crippen LogP contribution >= 0.6 is 11.6 Å². The fraction of sp³-hybridized carbons (Fsp3) is 0.333. The number of hydrogen-bond donors (Lipinski definition) is 1. The molecule has 1 nitrogen and oxygen atoms in total. The first-order valence-corrected chi connectivity index (χ1v) is 2.49. The summed E-state index contributed by atoms with van der Waals surface area (Å²) in [5.41, 5.74) is 4.79. The fourth-order valence-electron chi connectivity index (χ4n) is 0. The van der Waals surface area contributed by atoms with E-state index in [1.54, 1.807) is 0 Å². The number of rotatable bonds is 0. The maximum absolute atomic E-state index is 4.95. The van der Waals surface area contributed by atoms with Gasteiger partial charge in [-0.3, -0.25) is 0 Å². The van der Waals surface area contributed by atoms with Gasteiger partial charge in [-0.15, -0.1) is 24.4 Å². The van der Waals surface area contributed by atoms with Crippen LogP contribution in [0.15, 0.2) is 0 Å². The zero-order chi connectivity index (χ0) is 6.83. The van der Waals surface area contributed by atoms with Gasteiger partial charge in [0.05, 0.1) is 12.4 Å². The van der Waals surface area contributed by atoms with Gasteiger partial charge in [-0.2, -0.15) is 0 Å². The van der Waals surface area contributed by atoms with Crippen molar-refractivity contribution in [3.8, 4) is 24.7 Å². The molecule has 8 heavy (non-hydrogen) atoms. The molecule has 44 valence electrons. The number of terminal acetylenes is 2. The monoisotopic (exact) mass is 129 g/mol. The molecule has 0 spiro atoms. The van der Waals surface area contributed by atoms with E-state index in [1.165, 1.54) is 0 Å². The quantitative estimate of drug-likeness (QED) is 0.373. The van der Waals surface area contributed by atoms with Crippen LogP contribution in [0.2, 0.25) is 0 Å².